The van der Waals surface area contributed by atoms with Gasteiger partial charge in [0.2, 0.25) is 0 Å². The normalized spacial score (nSPS) is 10.1. The Morgan fingerprint density at radius 2 is 2.44 bits per heavy atom. The molecule has 0 saturated heterocycles. The van der Waals surface area contributed by atoms with Crippen molar-refractivity contribution in [1.82, 2.24) is 9.97 Å². The van der Waals surface area contributed by atoms with Crippen LogP contribution in [0.5, 0.6) is 0 Å². The van der Waals surface area contributed by atoms with Gasteiger partial charge in [0.15, 0.2) is 5.65 Å². The van der Waals surface area contributed by atoms with Gasteiger partial charge in [0.25, 0.3) is 0 Å². The summed E-state index contributed by atoms with van der Waals surface area (Å²) in [5.74, 6) is 0. The van der Waals surface area contributed by atoms with E-state index in [2.05, 4.69) is 21.9 Å². The van der Waals surface area contributed by atoms with E-state index < -0.39 is 6.09 Å². The second-order valence-corrected chi connectivity index (χ2v) is 3.68. The molecule has 0 bridgehead atoms. The molecular formula is C13H13N3O2. The standard InChI is InChI=1S/C13H13N3O2/c1-3-7-18-13(17)16-11-8-10-5-4-6-14-12(10)15-9(11)2/h3-6,8H,1,7H2,2H3,(H,16,17). The molecule has 2 aromatic rings. The molecule has 5 heteroatoms. The van der Waals surface area contributed by atoms with Crippen molar-refractivity contribution in [3.63, 3.8) is 0 Å². The Hall–Kier alpha value is -2.43. The molecule has 18 heavy (non-hydrogen) atoms. The van der Waals surface area contributed by atoms with Gasteiger partial charge in [-0.3, -0.25) is 5.32 Å². The lowest BCUT2D eigenvalue weighted by Gasteiger charge is -2.08. The molecule has 92 valence electrons. The molecule has 0 unspecified atom stereocenters. The molecule has 0 saturated carbocycles. The van der Waals surface area contributed by atoms with Crippen LogP contribution in [0, 0.1) is 6.92 Å². The van der Waals surface area contributed by atoms with Crippen molar-refractivity contribution < 1.29 is 9.53 Å². The van der Waals surface area contributed by atoms with Gasteiger partial charge in [-0.05, 0) is 25.1 Å². The van der Waals surface area contributed by atoms with Crippen LogP contribution < -0.4 is 5.32 Å². The van der Waals surface area contributed by atoms with Crippen LogP contribution in [0.25, 0.3) is 11.0 Å². The first kappa shape index (κ1) is 12.0. The Labute approximate surface area is 105 Å². The number of ether oxygens (including phenoxy) is 1. The molecule has 2 heterocycles. The molecular weight excluding hydrogens is 230 g/mol. The van der Waals surface area contributed by atoms with Gasteiger partial charge >= 0.3 is 6.09 Å². The molecule has 0 atom stereocenters. The average Bonchev–Trinajstić information content (AvgIpc) is 2.37. The second kappa shape index (κ2) is 5.27. The minimum absolute atomic E-state index is 0.174. The van der Waals surface area contributed by atoms with Crippen molar-refractivity contribution >= 4 is 22.8 Å². The van der Waals surface area contributed by atoms with Crippen LogP contribution in [0.15, 0.2) is 37.1 Å². The highest BCUT2D eigenvalue weighted by Crippen LogP contribution is 2.18. The van der Waals surface area contributed by atoms with Crippen LogP contribution in [0.4, 0.5) is 10.5 Å². The number of rotatable bonds is 3. The van der Waals surface area contributed by atoms with E-state index in [0.29, 0.717) is 17.0 Å². The van der Waals surface area contributed by atoms with Gasteiger partial charge in [-0.2, -0.15) is 0 Å². The first-order valence-electron chi connectivity index (χ1n) is 5.48. The third kappa shape index (κ3) is 2.63. The third-order valence-corrected chi connectivity index (χ3v) is 2.35. The molecule has 0 aliphatic rings. The lowest BCUT2D eigenvalue weighted by atomic mass is 10.2. The molecule has 0 aliphatic carbocycles. The number of anilines is 1. The molecule has 1 N–H and O–H groups in total. The van der Waals surface area contributed by atoms with Gasteiger partial charge in [-0.25, -0.2) is 14.8 Å². The molecule has 0 aliphatic heterocycles. The minimum Gasteiger partial charge on any atom is -0.445 e. The van der Waals surface area contributed by atoms with Crippen LogP contribution in [-0.2, 0) is 4.74 Å². The molecule has 1 amide bonds. The molecule has 0 spiro atoms. The summed E-state index contributed by atoms with van der Waals surface area (Å²) in [6.07, 6.45) is 2.66. The lowest BCUT2D eigenvalue weighted by Crippen LogP contribution is -2.14. The predicted molar refractivity (Wildman–Crippen MR) is 69.4 cm³/mol. The van der Waals surface area contributed by atoms with Gasteiger partial charge in [0.05, 0.1) is 11.4 Å². The van der Waals surface area contributed by atoms with Gasteiger partial charge in [-0.15, -0.1) is 0 Å². The SMILES string of the molecule is C=CCOC(=O)Nc1cc2cccnc2nc1C. The zero-order chi connectivity index (χ0) is 13.0. The van der Waals surface area contributed by atoms with Crippen LogP contribution in [0.3, 0.4) is 0 Å². The van der Waals surface area contributed by atoms with Crippen LogP contribution in [0.2, 0.25) is 0 Å². The van der Waals surface area contributed by atoms with Gasteiger partial charge in [0.1, 0.15) is 6.61 Å². The summed E-state index contributed by atoms with van der Waals surface area (Å²) in [4.78, 5) is 19.9. The number of carbonyl (C=O) groups excluding carboxylic acids is 1. The van der Waals surface area contributed by atoms with Crippen molar-refractivity contribution in [2.75, 3.05) is 11.9 Å². The highest BCUT2D eigenvalue weighted by molar-refractivity contribution is 5.89. The summed E-state index contributed by atoms with van der Waals surface area (Å²) in [6.45, 7) is 5.45. The average molecular weight is 243 g/mol. The number of amides is 1. The second-order valence-electron chi connectivity index (χ2n) is 3.68. The van der Waals surface area contributed by atoms with Crippen molar-refractivity contribution in [1.29, 1.82) is 0 Å². The minimum atomic E-state index is -0.525. The summed E-state index contributed by atoms with van der Waals surface area (Å²) >= 11 is 0. The summed E-state index contributed by atoms with van der Waals surface area (Å²) in [6, 6.07) is 5.52. The van der Waals surface area contributed by atoms with E-state index in [1.807, 2.05) is 18.2 Å². The van der Waals surface area contributed by atoms with Crippen molar-refractivity contribution in [3.8, 4) is 0 Å². The predicted octanol–water partition coefficient (Wildman–Crippen LogP) is 2.67. The Morgan fingerprint density at radius 1 is 1.61 bits per heavy atom. The zero-order valence-electron chi connectivity index (χ0n) is 10.0. The van der Waals surface area contributed by atoms with Gasteiger partial charge < -0.3 is 4.74 Å². The van der Waals surface area contributed by atoms with E-state index in [9.17, 15) is 4.79 Å². The highest BCUT2D eigenvalue weighted by atomic mass is 16.5. The Morgan fingerprint density at radius 3 is 3.22 bits per heavy atom. The summed E-state index contributed by atoms with van der Waals surface area (Å²) in [5, 5.41) is 3.50. The van der Waals surface area contributed by atoms with Crippen molar-refractivity contribution in [2.24, 2.45) is 0 Å². The topological polar surface area (TPSA) is 64.1 Å². The number of hydrogen-bond donors (Lipinski definition) is 1. The fourth-order valence-corrected chi connectivity index (χ4v) is 1.50. The lowest BCUT2D eigenvalue weighted by molar-refractivity contribution is 0.174. The number of fused-ring (bicyclic) bond motifs is 1. The van der Waals surface area contributed by atoms with E-state index in [1.165, 1.54) is 6.08 Å². The third-order valence-electron chi connectivity index (χ3n) is 2.35. The Bertz CT molecular complexity index is 596. The molecule has 2 rings (SSSR count). The summed E-state index contributed by atoms with van der Waals surface area (Å²) in [7, 11) is 0. The first-order chi connectivity index (χ1) is 8.70. The van der Waals surface area contributed by atoms with Crippen molar-refractivity contribution in [3.05, 3.63) is 42.7 Å². The maximum atomic E-state index is 11.4. The molecule has 0 aromatic carbocycles. The van der Waals surface area contributed by atoms with Gasteiger partial charge in [0, 0.05) is 11.6 Å². The number of hydrogen-bond acceptors (Lipinski definition) is 4. The Kier molecular flexibility index (Phi) is 3.52. The molecule has 0 fully saturated rings. The number of aromatic nitrogens is 2. The number of pyridine rings is 2. The maximum Gasteiger partial charge on any atom is 0.411 e. The summed E-state index contributed by atoms with van der Waals surface area (Å²) < 4.78 is 4.85. The van der Waals surface area contributed by atoms with E-state index in [1.54, 1.807) is 13.1 Å². The zero-order valence-corrected chi connectivity index (χ0v) is 10.0. The molecule has 0 radical (unpaired) electrons. The fraction of sp³-hybridized carbons (Fsp3) is 0.154. The number of aryl methyl sites for hydroxylation is 1. The fourth-order valence-electron chi connectivity index (χ4n) is 1.50. The smallest absolute Gasteiger partial charge is 0.411 e. The van der Waals surface area contributed by atoms with E-state index in [4.69, 9.17) is 4.74 Å². The van der Waals surface area contributed by atoms with E-state index >= 15 is 0 Å². The maximum absolute atomic E-state index is 11.4. The molecule has 2 aromatic heterocycles. The molecule has 5 nitrogen and oxygen atoms in total. The van der Waals surface area contributed by atoms with E-state index in [0.717, 1.165) is 5.39 Å². The number of nitrogens with zero attached hydrogens (tertiary/aromatic N) is 2. The Balaban J connectivity index is 2.25. The monoisotopic (exact) mass is 243 g/mol. The van der Waals surface area contributed by atoms with E-state index in [-0.39, 0.29) is 6.61 Å². The summed E-state index contributed by atoms with van der Waals surface area (Å²) in [5.41, 5.74) is 1.96. The highest BCUT2D eigenvalue weighted by Gasteiger charge is 2.07. The first-order valence-corrected chi connectivity index (χ1v) is 5.48. The number of carbonyl (C=O) groups is 1. The van der Waals surface area contributed by atoms with Crippen LogP contribution in [0.1, 0.15) is 5.69 Å². The number of nitrogens with one attached hydrogen (secondary N) is 1. The van der Waals surface area contributed by atoms with Crippen LogP contribution >= 0.6 is 0 Å². The quantitative estimate of drug-likeness (QED) is 0.842. The van der Waals surface area contributed by atoms with Crippen molar-refractivity contribution in [2.45, 2.75) is 6.92 Å². The van der Waals surface area contributed by atoms with Gasteiger partial charge in [-0.1, -0.05) is 12.7 Å². The largest absolute Gasteiger partial charge is 0.445 e. The van der Waals surface area contributed by atoms with Crippen LogP contribution in [-0.4, -0.2) is 22.7 Å².